The van der Waals surface area contributed by atoms with Crippen LogP contribution in [0.1, 0.15) is 17.5 Å². The van der Waals surface area contributed by atoms with E-state index in [2.05, 4.69) is 4.98 Å². The standard InChI is InChI=1S/C12H13NO2/c1-8-9(4-5-11(14)15)2-3-10-6-7-13-12(8)10/h2-3,6-7,13H,4-5H2,1H3,(H,14,15). The Kier molecular flexibility index (Phi) is 2.46. The van der Waals surface area contributed by atoms with Gasteiger partial charge < -0.3 is 10.1 Å². The molecule has 0 aliphatic carbocycles. The van der Waals surface area contributed by atoms with E-state index in [4.69, 9.17) is 5.11 Å². The molecule has 2 rings (SSSR count). The van der Waals surface area contributed by atoms with Gasteiger partial charge in [0.15, 0.2) is 0 Å². The molecule has 0 aliphatic heterocycles. The summed E-state index contributed by atoms with van der Waals surface area (Å²) in [5.74, 6) is -0.749. The molecule has 2 aromatic rings. The predicted octanol–water partition coefficient (Wildman–Crippen LogP) is 2.49. The molecule has 0 unspecified atom stereocenters. The highest BCUT2D eigenvalue weighted by molar-refractivity contribution is 5.83. The van der Waals surface area contributed by atoms with Crippen LogP contribution in [0.3, 0.4) is 0 Å². The van der Waals surface area contributed by atoms with Crippen LogP contribution in [-0.4, -0.2) is 16.1 Å². The van der Waals surface area contributed by atoms with Crippen molar-refractivity contribution < 1.29 is 9.90 Å². The van der Waals surface area contributed by atoms with E-state index < -0.39 is 5.97 Å². The Balaban J connectivity index is 2.35. The molecular weight excluding hydrogens is 190 g/mol. The van der Waals surface area contributed by atoms with Gasteiger partial charge in [-0.2, -0.15) is 0 Å². The number of carboxylic acid groups (broad SMARTS) is 1. The van der Waals surface area contributed by atoms with E-state index in [9.17, 15) is 4.79 Å². The fourth-order valence-corrected chi connectivity index (χ4v) is 1.83. The van der Waals surface area contributed by atoms with Gasteiger partial charge in [0.2, 0.25) is 0 Å². The van der Waals surface area contributed by atoms with Crippen LogP contribution >= 0.6 is 0 Å². The summed E-state index contributed by atoms with van der Waals surface area (Å²) in [5, 5.41) is 9.80. The third-order valence-corrected chi connectivity index (χ3v) is 2.71. The zero-order chi connectivity index (χ0) is 10.8. The fourth-order valence-electron chi connectivity index (χ4n) is 1.83. The van der Waals surface area contributed by atoms with Crippen LogP contribution in [0.2, 0.25) is 0 Å². The number of aryl methyl sites for hydroxylation is 2. The van der Waals surface area contributed by atoms with Crippen molar-refractivity contribution in [3.63, 3.8) is 0 Å². The second-order valence-electron chi connectivity index (χ2n) is 3.69. The molecule has 0 atom stereocenters. The molecule has 1 aromatic carbocycles. The van der Waals surface area contributed by atoms with Gasteiger partial charge in [0.1, 0.15) is 0 Å². The normalized spacial score (nSPS) is 10.7. The highest BCUT2D eigenvalue weighted by atomic mass is 16.4. The Morgan fingerprint density at radius 1 is 1.40 bits per heavy atom. The zero-order valence-electron chi connectivity index (χ0n) is 8.58. The van der Waals surface area contributed by atoms with E-state index in [1.807, 2.05) is 31.3 Å². The lowest BCUT2D eigenvalue weighted by molar-refractivity contribution is -0.136. The number of hydrogen-bond acceptors (Lipinski definition) is 1. The summed E-state index contributed by atoms with van der Waals surface area (Å²) >= 11 is 0. The largest absolute Gasteiger partial charge is 0.481 e. The molecule has 0 bridgehead atoms. The van der Waals surface area contributed by atoms with Crippen molar-refractivity contribution >= 4 is 16.9 Å². The van der Waals surface area contributed by atoms with E-state index in [-0.39, 0.29) is 6.42 Å². The van der Waals surface area contributed by atoms with Gasteiger partial charge in [-0.3, -0.25) is 4.79 Å². The summed E-state index contributed by atoms with van der Waals surface area (Å²) in [6.07, 6.45) is 2.68. The van der Waals surface area contributed by atoms with E-state index in [0.29, 0.717) is 6.42 Å². The number of carbonyl (C=O) groups is 1. The lowest BCUT2D eigenvalue weighted by Gasteiger charge is -2.05. The van der Waals surface area contributed by atoms with Gasteiger partial charge in [-0.05, 0) is 35.9 Å². The number of H-pyrrole nitrogens is 1. The third kappa shape index (κ3) is 1.86. The highest BCUT2D eigenvalue weighted by Crippen LogP contribution is 2.21. The maximum absolute atomic E-state index is 10.5. The van der Waals surface area contributed by atoms with E-state index in [0.717, 1.165) is 16.6 Å². The monoisotopic (exact) mass is 203 g/mol. The van der Waals surface area contributed by atoms with Crippen molar-refractivity contribution in [1.29, 1.82) is 0 Å². The Bertz CT molecular complexity index is 499. The molecule has 3 nitrogen and oxygen atoms in total. The van der Waals surface area contributed by atoms with Crippen LogP contribution in [0.5, 0.6) is 0 Å². The topological polar surface area (TPSA) is 53.1 Å². The Morgan fingerprint density at radius 2 is 2.20 bits per heavy atom. The molecule has 3 heteroatoms. The van der Waals surface area contributed by atoms with Crippen molar-refractivity contribution in [2.45, 2.75) is 19.8 Å². The Labute approximate surface area is 87.7 Å². The molecule has 15 heavy (non-hydrogen) atoms. The molecule has 0 radical (unpaired) electrons. The first-order valence-electron chi connectivity index (χ1n) is 4.96. The number of aromatic nitrogens is 1. The Morgan fingerprint density at radius 3 is 2.93 bits per heavy atom. The number of nitrogens with one attached hydrogen (secondary N) is 1. The van der Waals surface area contributed by atoms with E-state index >= 15 is 0 Å². The lowest BCUT2D eigenvalue weighted by atomic mass is 10.0. The van der Waals surface area contributed by atoms with Crippen LogP contribution in [-0.2, 0) is 11.2 Å². The van der Waals surface area contributed by atoms with Crippen molar-refractivity contribution in [3.8, 4) is 0 Å². The minimum absolute atomic E-state index is 0.188. The van der Waals surface area contributed by atoms with Crippen molar-refractivity contribution in [2.75, 3.05) is 0 Å². The van der Waals surface area contributed by atoms with Crippen LogP contribution < -0.4 is 0 Å². The zero-order valence-corrected chi connectivity index (χ0v) is 8.58. The number of carboxylic acids is 1. The van der Waals surface area contributed by atoms with Crippen molar-refractivity contribution in [2.24, 2.45) is 0 Å². The lowest BCUT2D eigenvalue weighted by Crippen LogP contribution is -1.99. The summed E-state index contributed by atoms with van der Waals surface area (Å²) in [5.41, 5.74) is 3.36. The average Bonchev–Trinajstić information content (AvgIpc) is 2.65. The fraction of sp³-hybridized carbons (Fsp3) is 0.250. The summed E-state index contributed by atoms with van der Waals surface area (Å²) in [7, 11) is 0. The molecule has 1 aromatic heterocycles. The molecule has 0 saturated heterocycles. The number of fused-ring (bicyclic) bond motifs is 1. The number of aliphatic carboxylic acids is 1. The van der Waals surface area contributed by atoms with Crippen molar-refractivity contribution in [3.05, 3.63) is 35.5 Å². The van der Waals surface area contributed by atoms with E-state index in [1.54, 1.807) is 0 Å². The maximum atomic E-state index is 10.5. The van der Waals surface area contributed by atoms with Gasteiger partial charge in [0.25, 0.3) is 0 Å². The first-order valence-corrected chi connectivity index (χ1v) is 4.96. The minimum atomic E-state index is -0.749. The van der Waals surface area contributed by atoms with Gasteiger partial charge in [-0.25, -0.2) is 0 Å². The number of hydrogen-bond donors (Lipinski definition) is 2. The molecule has 2 N–H and O–H groups in total. The van der Waals surface area contributed by atoms with Gasteiger partial charge in [-0.1, -0.05) is 12.1 Å². The van der Waals surface area contributed by atoms with Crippen LogP contribution in [0.25, 0.3) is 10.9 Å². The average molecular weight is 203 g/mol. The van der Waals surface area contributed by atoms with Gasteiger partial charge in [-0.15, -0.1) is 0 Å². The molecule has 0 aliphatic rings. The molecule has 78 valence electrons. The SMILES string of the molecule is Cc1c(CCC(=O)O)ccc2cc[nH]c12. The second kappa shape index (κ2) is 3.77. The maximum Gasteiger partial charge on any atom is 0.303 e. The molecular formula is C12H13NO2. The van der Waals surface area contributed by atoms with E-state index in [1.165, 1.54) is 5.39 Å². The summed E-state index contributed by atoms with van der Waals surface area (Å²) in [6, 6.07) is 6.05. The summed E-state index contributed by atoms with van der Waals surface area (Å²) in [6.45, 7) is 2.02. The van der Waals surface area contributed by atoms with Crippen LogP contribution in [0.15, 0.2) is 24.4 Å². The van der Waals surface area contributed by atoms with Gasteiger partial charge >= 0.3 is 5.97 Å². The first kappa shape index (κ1) is 9.77. The molecule has 0 saturated carbocycles. The number of aromatic amines is 1. The number of benzene rings is 1. The van der Waals surface area contributed by atoms with Crippen molar-refractivity contribution in [1.82, 2.24) is 4.98 Å². The highest BCUT2D eigenvalue weighted by Gasteiger charge is 2.05. The first-order chi connectivity index (χ1) is 7.18. The number of rotatable bonds is 3. The Hall–Kier alpha value is -1.77. The quantitative estimate of drug-likeness (QED) is 0.805. The third-order valence-electron chi connectivity index (χ3n) is 2.71. The summed E-state index contributed by atoms with van der Waals surface area (Å²) < 4.78 is 0. The molecule has 0 amide bonds. The minimum Gasteiger partial charge on any atom is -0.481 e. The summed E-state index contributed by atoms with van der Waals surface area (Å²) in [4.78, 5) is 13.7. The van der Waals surface area contributed by atoms with Crippen LogP contribution in [0.4, 0.5) is 0 Å². The molecule has 1 heterocycles. The smallest absolute Gasteiger partial charge is 0.303 e. The van der Waals surface area contributed by atoms with Crippen LogP contribution in [0, 0.1) is 6.92 Å². The second-order valence-corrected chi connectivity index (χ2v) is 3.69. The van der Waals surface area contributed by atoms with Gasteiger partial charge in [0, 0.05) is 18.1 Å². The van der Waals surface area contributed by atoms with Gasteiger partial charge in [0.05, 0.1) is 0 Å². The molecule has 0 spiro atoms. The predicted molar refractivity (Wildman–Crippen MR) is 59.0 cm³/mol. The molecule has 0 fully saturated rings.